The number of anilines is 1. The van der Waals surface area contributed by atoms with Crippen LogP contribution in [-0.4, -0.2) is 34.3 Å². The summed E-state index contributed by atoms with van der Waals surface area (Å²) in [5, 5.41) is 1.98. The molecule has 2 heterocycles. The Balaban J connectivity index is 1.81. The van der Waals surface area contributed by atoms with Gasteiger partial charge in [-0.25, -0.2) is 9.78 Å². The number of piperidine rings is 1. The van der Waals surface area contributed by atoms with Gasteiger partial charge in [0.15, 0.2) is 0 Å². The number of amides is 3. The normalized spacial score (nSPS) is 18.4. The van der Waals surface area contributed by atoms with Crippen LogP contribution in [0.4, 0.5) is 23.7 Å². The maximum atomic E-state index is 13.1. The van der Waals surface area contributed by atoms with Crippen molar-refractivity contribution in [2.24, 2.45) is 11.7 Å². The molecule has 2 unspecified atom stereocenters. The molecule has 182 valence electrons. The number of carbonyl (C=O) groups is 3. The Morgan fingerprint density at radius 3 is 2.53 bits per heavy atom. The summed E-state index contributed by atoms with van der Waals surface area (Å²) in [6.45, 7) is 3.73. The zero-order valence-electron chi connectivity index (χ0n) is 18.3. The van der Waals surface area contributed by atoms with Crippen LogP contribution in [0.15, 0.2) is 30.5 Å². The largest absolute Gasteiger partial charge is 0.417 e. The molecule has 1 aliphatic rings. The maximum Gasteiger partial charge on any atom is 0.417 e. The predicted molar refractivity (Wildman–Crippen MR) is 117 cm³/mol. The lowest BCUT2D eigenvalue weighted by Crippen LogP contribution is -2.46. The van der Waals surface area contributed by atoms with Gasteiger partial charge >= 0.3 is 24.1 Å². The lowest BCUT2D eigenvalue weighted by atomic mass is 9.89. The quantitative estimate of drug-likeness (QED) is 0.606. The molecule has 2 atom stereocenters. The molecule has 8 nitrogen and oxygen atoms in total. The molecule has 0 saturated carbocycles. The summed E-state index contributed by atoms with van der Waals surface area (Å²) in [5.41, 5.74) is 4.99. The third-order valence-electron chi connectivity index (χ3n) is 5.44. The number of pyridine rings is 1. The summed E-state index contributed by atoms with van der Waals surface area (Å²) < 4.78 is 43.9. The average Bonchev–Trinajstić information content (AvgIpc) is 2.73. The molecule has 1 aliphatic heterocycles. The molecule has 3 amide bonds. The van der Waals surface area contributed by atoms with E-state index in [2.05, 4.69) is 10.3 Å². The minimum Gasteiger partial charge on any atom is -0.391 e. The van der Waals surface area contributed by atoms with Gasteiger partial charge in [-0.15, -0.1) is 0 Å². The van der Waals surface area contributed by atoms with Gasteiger partial charge in [0, 0.05) is 12.1 Å². The number of ether oxygens (including phenoxy) is 1. The van der Waals surface area contributed by atoms with Crippen LogP contribution in [0, 0.1) is 12.8 Å². The molecule has 34 heavy (non-hydrogen) atoms. The molecular weight excluding hydrogens is 477 g/mol. The number of aromatic nitrogens is 1. The second-order valence-corrected chi connectivity index (χ2v) is 8.52. The Bertz CT molecular complexity index is 1130. The molecule has 3 N–H and O–H groups in total. The molecule has 3 rings (SSSR count). The lowest BCUT2D eigenvalue weighted by Gasteiger charge is -2.38. The highest BCUT2D eigenvalue weighted by atomic mass is 35.5. The smallest absolute Gasteiger partial charge is 0.391 e. The number of aryl methyl sites for hydroxylation is 1. The summed E-state index contributed by atoms with van der Waals surface area (Å²) in [4.78, 5) is 41.9. The number of rotatable bonds is 3. The van der Waals surface area contributed by atoms with Crippen molar-refractivity contribution in [1.29, 1.82) is 0 Å². The molecular formula is C22H22ClF3N4O4. The summed E-state index contributed by atoms with van der Waals surface area (Å²) in [6.07, 6.45) is -3.27. The minimum atomic E-state index is -4.60. The average molecular weight is 499 g/mol. The van der Waals surface area contributed by atoms with Gasteiger partial charge < -0.3 is 20.7 Å². The summed E-state index contributed by atoms with van der Waals surface area (Å²) in [7, 11) is 0. The van der Waals surface area contributed by atoms with Gasteiger partial charge in [0.25, 0.3) is 0 Å². The van der Waals surface area contributed by atoms with Crippen LogP contribution >= 0.6 is 11.6 Å². The third-order valence-corrected chi connectivity index (χ3v) is 5.75. The Morgan fingerprint density at radius 1 is 1.24 bits per heavy atom. The number of nitrogens with two attached hydrogens (primary N) is 1. The van der Waals surface area contributed by atoms with Crippen molar-refractivity contribution in [3.05, 3.63) is 52.2 Å². The van der Waals surface area contributed by atoms with Crippen LogP contribution in [0.1, 0.15) is 42.5 Å². The predicted octanol–water partition coefficient (Wildman–Crippen LogP) is 4.46. The van der Waals surface area contributed by atoms with Crippen molar-refractivity contribution in [3.8, 4) is 5.88 Å². The van der Waals surface area contributed by atoms with Crippen LogP contribution in [0.3, 0.4) is 0 Å². The van der Waals surface area contributed by atoms with Gasteiger partial charge in [-0.2, -0.15) is 13.2 Å². The first-order chi connectivity index (χ1) is 15.9. The van der Waals surface area contributed by atoms with E-state index in [1.165, 1.54) is 29.3 Å². The van der Waals surface area contributed by atoms with Crippen molar-refractivity contribution in [2.75, 3.05) is 11.9 Å². The number of hydrogen-bond donors (Lipinski definition) is 2. The zero-order chi connectivity index (χ0) is 25.2. The molecule has 1 aromatic carbocycles. The monoisotopic (exact) mass is 498 g/mol. The number of nitrogens with one attached hydrogen (secondary N) is 1. The van der Waals surface area contributed by atoms with Crippen LogP contribution in [0.25, 0.3) is 0 Å². The molecule has 1 aromatic heterocycles. The Hall–Kier alpha value is -3.34. The van der Waals surface area contributed by atoms with Crippen LogP contribution in [0.5, 0.6) is 5.88 Å². The van der Waals surface area contributed by atoms with E-state index in [9.17, 15) is 27.6 Å². The highest BCUT2D eigenvalue weighted by Gasteiger charge is 2.37. The Labute approximate surface area is 198 Å². The molecule has 12 heteroatoms. The fourth-order valence-electron chi connectivity index (χ4n) is 3.84. The van der Waals surface area contributed by atoms with Gasteiger partial charge in [0.1, 0.15) is 0 Å². The second kappa shape index (κ2) is 9.88. The van der Waals surface area contributed by atoms with Crippen molar-refractivity contribution in [2.45, 2.75) is 38.9 Å². The number of primary amides is 1. The van der Waals surface area contributed by atoms with Crippen molar-refractivity contribution < 1.29 is 32.3 Å². The van der Waals surface area contributed by atoms with Gasteiger partial charge in [-0.3, -0.25) is 9.59 Å². The highest BCUT2D eigenvalue weighted by molar-refractivity contribution is 6.39. The molecule has 2 aromatic rings. The van der Waals surface area contributed by atoms with Gasteiger partial charge in [-0.05, 0) is 49.4 Å². The number of nitrogens with zero attached hydrogens (tertiary/aromatic N) is 2. The molecule has 0 aliphatic carbocycles. The highest BCUT2D eigenvalue weighted by Crippen LogP contribution is 2.39. The standard InChI is InChI=1S/C22H22ClF3N4O4/c1-11-3-6-17(13-4-5-15(16(23)8-13)22(24,25)26)30(10-11)20(32)18(31)29-14-7-12(2)19(28-9-14)34-21(27)33/h4-5,7-9,11,17H,3,6,10H2,1-2H3,(H2,27,33)(H,29,31). The summed E-state index contributed by atoms with van der Waals surface area (Å²) in [6, 6.07) is 4.18. The fourth-order valence-corrected chi connectivity index (χ4v) is 4.14. The van der Waals surface area contributed by atoms with Gasteiger partial charge in [-0.1, -0.05) is 24.6 Å². The molecule has 0 spiro atoms. The number of halogens is 4. The maximum absolute atomic E-state index is 13.1. The first kappa shape index (κ1) is 25.3. The topological polar surface area (TPSA) is 115 Å². The number of benzene rings is 1. The van der Waals surface area contributed by atoms with E-state index < -0.39 is 40.7 Å². The summed E-state index contributed by atoms with van der Waals surface area (Å²) >= 11 is 5.87. The van der Waals surface area contributed by atoms with E-state index >= 15 is 0 Å². The van der Waals surface area contributed by atoms with Crippen LogP contribution in [-0.2, 0) is 15.8 Å². The van der Waals surface area contributed by atoms with E-state index in [4.69, 9.17) is 22.1 Å². The van der Waals surface area contributed by atoms with Crippen molar-refractivity contribution >= 4 is 35.2 Å². The molecule has 1 saturated heterocycles. The van der Waals surface area contributed by atoms with E-state index in [0.717, 1.165) is 12.5 Å². The first-order valence-corrected chi connectivity index (χ1v) is 10.7. The molecule has 0 bridgehead atoms. The summed E-state index contributed by atoms with van der Waals surface area (Å²) in [5.74, 6) is -1.74. The number of hydrogen-bond acceptors (Lipinski definition) is 5. The fraction of sp³-hybridized carbons (Fsp3) is 0.364. The van der Waals surface area contributed by atoms with E-state index in [1.54, 1.807) is 6.92 Å². The van der Waals surface area contributed by atoms with Gasteiger partial charge in [0.2, 0.25) is 5.88 Å². The van der Waals surface area contributed by atoms with E-state index in [-0.39, 0.29) is 24.0 Å². The van der Waals surface area contributed by atoms with Crippen molar-refractivity contribution in [1.82, 2.24) is 9.88 Å². The lowest BCUT2D eigenvalue weighted by molar-refractivity contribution is -0.146. The van der Waals surface area contributed by atoms with E-state index in [1.807, 2.05) is 6.92 Å². The zero-order valence-corrected chi connectivity index (χ0v) is 19.0. The first-order valence-electron chi connectivity index (χ1n) is 10.3. The Kier molecular flexibility index (Phi) is 7.35. The number of alkyl halides is 3. The van der Waals surface area contributed by atoms with Crippen molar-refractivity contribution in [3.63, 3.8) is 0 Å². The third kappa shape index (κ3) is 5.77. The van der Waals surface area contributed by atoms with Crippen LogP contribution in [0.2, 0.25) is 5.02 Å². The Morgan fingerprint density at radius 2 is 1.94 bits per heavy atom. The molecule has 0 radical (unpaired) electrons. The SMILES string of the molecule is Cc1cc(NC(=O)C(=O)N2CC(C)CCC2c2ccc(C(F)(F)F)c(Cl)c2)cnc1OC(N)=O. The second-order valence-electron chi connectivity index (χ2n) is 8.11. The van der Waals surface area contributed by atoms with E-state index in [0.29, 0.717) is 17.5 Å². The number of likely N-dealkylation sites (tertiary alicyclic amines) is 1. The molecule has 1 fully saturated rings. The van der Waals surface area contributed by atoms with Gasteiger partial charge in [0.05, 0.1) is 28.5 Å². The van der Waals surface area contributed by atoms with Crippen LogP contribution < -0.4 is 15.8 Å². The number of carbonyl (C=O) groups excluding carboxylic acids is 3. The minimum absolute atomic E-state index is 0.0408.